The summed E-state index contributed by atoms with van der Waals surface area (Å²) in [6.07, 6.45) is 2.29. The zero-order chi connectivity index (χ0) is 24.0. The zero-order valence-electron chi connectivity index (χ0n) is 20.4. The van der Waals surface area contributed by atoms with Crippen LogP contribution in [0.5, 0.6) is 5.75 Å². The van der Waals surface area contributed by atoms with Crippen LogP contribution >= 0.6 is 0 Å². The summed E-state index contributed by atoms with van der Waals surface area (Å²) in [5, 5.41) is 4.29. The number of aromatic nitrogens is 2. The molecule has 1 amide bonds. The Morgan fingerprint density at radius 2 is 2.00 bits per heavy atom. The van der Waals surface area contributed by atoms with Crippen LogP contribution in [-0.2, 0) is 4.74 Å². The summed E-state index contributed by atoms with van der Waals surface area (Å²) in [6, 6.07) is 10.3. The molecule has 2 saturated heterocycles. The van der Waals surface area contributed by atoms with Crippen molar-refractivity contribution < 1.29 is 14.3 Å². The first kappa shape index (κ1) is 22.4. The Morgan fingerprint density at radius 1 is 1.21 bits per heavy atom. The summed E-state index contributed by atoms with van der Waals surface area (Å²) >= 11 is 0. The third-order valence-electron chi connectivity index (χ3n) is 7.00. The third-order valence-corrected chi connectivity index (χ3v) is 7.00. The predicted molar refractivity (Wildman–Crippen MR) is 133 cm³/mol. The lowest BCUT2D eigenvalue weighted by Gasteiger charge is -2.43. The number of fused-ring (bicyclic) bond motifs is 1. The van der Waals surface area contributed by atoms with Crippen molar-refractivity contribution in [3.05, 3.63) is 47.8 Å². The van der Waals surface area contributed by atoms with Crippen LogP contribution in [0.15, 0.2) is 36.7 Å². The maximum atomic E-state index is 12.8. The zero-order valence-corrected chi connectivity index (χ0v) is 20.4. The van der Waals surface area contributed by atoms with E-state index in [0.717, 1.165) is 41.7 Å². The monoisotopic (exact) mass is 461 g/mol. The van der Waals surface area contributed by atoms with E-state index in [4.69, 9.17) is 9.47 Å². The number of methoxy groups -OCH3 is 1. The number of hydrogen-bond donors (Lipinski definition) is 1. The predicted octanol–water partition coefficient (Wildman–Crippen LogP) is 4.84. The SMILES string of the molecule is CCC(C)c1ccc(Nc2ncnc3cc(OC)c(N4CC5(CN(C)C5)OC4=O)cc23)c(C)c1. The van der Waals surface area contributed by atoms with E-state index in [1.54, 1.807) is 12.0 Å². The minimum absolute atomic E-state index is 0.353. The molecule has 1 N–H and O–H groups in total. The Morgan fingerprint density at radius 3 is 2.68 bits per heavy atom. The molecule has 1 aromatic heterocycles. The van der Waals surface area contributed by atoms with Gasteiger partial charge in [0.15, 0.2) is 5.60 Å². The van der Waals surface area contributed by atoms with E-state index in [9.17, 15) is 4.79 Å². The highest BCUT2D eigenvalue weighted by Crippen LogP contribution is 2.41. The van der Waals surface area contributed by atoms with Gasteiger partial charge in [-0.2, -0.15) is 0 Å². The van der Waals surface area contributed by atoms with Crippen molar-refractivity contribution in [2.45, 2.75) is 38.7 Å². The number of rotatable bonds is 6. The van der Waals surface area contributed by atoms with Crippen molar-refractivity contribution in [2.24, 2.45) is 0 Å². The maximum Gasteiger partial charge on any atom is 0.415 e. The average Bonchev–Trinajstić information content (AvgIpc) is 3.15. The molecule has 2 aromatic carbocycles. The molecule has 2 aliphatic heterocycles. The van der Waals surface area contributed by atoms with Crippen LogP contribution in [0.2, 0.25) is 0 Å². The molecule has 3 aromatic rings. The third kappa shape index (κ3) is 3.81. The molecule has 2 fully saturated rings. The van der Waals surface area contributed by atoms with E-state index in [1.165, 1.54) is 11.9 Å². The number of aryl methyl sites for hydroxylation is 1. The number of nitrogens with zero attached hydrogens (tertiary/aromatic N) is 4. The molecule has 0 bridgehead atoms. The number of carbonyl (C=O) groups excluding carboxylic acids is 1. The Kier molecular flexibility index (Phi) is 5.56. The van der Waals surface area contributed by atoms with Gasteiger partial charge in [0, 0.05) is 30.2 Å². The van der Waals surface area contributed by atoms with E-state index in [-0.39, 0.29) is 6.09 Å². The topological polar surface area (TPSA) is 79.8 Å². The fraction of sp³-hybridized carbons (Fsp3) is 0.423. The number of likely N-dealkylation sites (tertiary alicyclic amines) is 1. The number of amides is 1. The van der Waals surface area contributed by atoms with E-state index >= 15 is 0 Å². The van der Waals surface area contributed by atoms with Gasteiger partial charge in [0.2, 0.25) is 0 Å². The molecule has 3 heterocycles. The number of anilines is 3. The second-order valence-corrected chi connectivity index (χ2v) is 9.58. The smallest absolute Gasteiger partial charge is 0.415 e. The van der Waals surface area contributed by atoms with Crippen LogP contribution in [0, 0.1) is 6.92 Å². The molecule has 0 aliphatic carbocycles. The highest BCUT2D eigenvalue weighted by atomic mass is 16.6. The van der Waals surface area contributed by atoms with E-state index in [2.05, 4.69) is 59.2 Å². The summed E-state index contributed by atoms with van der Waals surface area (Å²) in [7, 11) is 3.62. The van der Waals surface area contributed by atoms with Gasteiger partial charge < -0.3 is 14.8 Å². The first-order valence-corrected chi connectivity index (χ1v) is 11.7. The highest BCUT2D eigenvalue weighted by Gasteiger charge is 2.53. The molecule has 8 nitrogen and oxygen atoms in total. The number of benzene rings is 2. The molecule has 2 aliphatic rings. The Labute approximate surface area is 199 Å². The van der Waals surface area contributed by atoms with E-state index in [1.807, 2.05) is 19.2 Å². The van der Waals surface area contributed by atoms with E-state index < -0.39 is 5.60 Å². The second kappa shape index (κ2) is 8.43. The molecular weight excluding hydrogens is 430 g/mol. The molecule has 34 heavy (non-hydrogen) atoms. The highest BCUT2D eigenvalue weighted by molar-refractivity contribution is 6.00. The van der Waals surface area contributed by atoms with Crippen LogP contribution in [-0.4, -0.2) is 60.4 Å². The lowest BCUT2D eigenvalue weighted by atomic mass is 9.95. The van der Waals surface area contributed by atoms with Gasteiger partial charge in [-0.25, -0.2) is 14.8 Å². The summed E-state index contributed by atoms with van der Waals surface area (Å²) in [5.41, 5.74) is 4.41. The quantitative estimate of drug-likeness (QED) is 0.562. The number of ether oxygens (including phenoxy) is 2. The van der Waals surface area contributed by atoms with Gasteiger partial charge in [-0.1, -0.05) is 26.0 Å². The van der Waals surface area contributed by atoms with Gasteiger partial charge >= 0.3 is 6.09 Å². The van der Waals surface area contributed by atoms with Gasteiger partial charge in [-0.05, 0) is 49.6 Å². The van der Waals surface area contributed by atoms with Crippen LogP contribution in [0.25, 0.3) is 10.9 Å². The maximum absolute atomic E-state index is 12.8. The minimum Gasteiger partial charge on any atom is -0.494 e. The van der Waals surface area contributed by atoms with Gasteiger partial charge in [0.1, 0.15) is 17.9 Å². The van der Waals surface area contributed by atoms with Crippen molar-refractivity contribution >= 4 is 34.2 Å². The van der Waals surface area contributed by atoms with Gasteiger partial charge in [0.05, 0.1) is 24.9 Å². The Hall–Kier alpha value is -3.39. The van der Waals surface area contributed by atoms with Gasteiger partial charge in [-0.15, -0.1) is 0 Å². The van der Waals surface area contributed by atoms with Crippen molar-refractivity contribution in [3.63, 3.8) is 0 Å². The standard InChI is InChI=1S/C26H31N5O3/c1-6-16(2)18-7-8-20(17(3)9-18)29-24-19-10-22(23(33-5)11-21(19)27-15-28-24)31-14-26(34-25(31)32)12-30(4)13-26/h7-11,15-16H,6,12-14H2,1-5H3,(H,27,28,29). The van der Waals surface area contributed by atoms with Crippen LogP contribution in [0.1, 0.15) is 37.3 Å². The molecule has 1 unspecified atom stereocenters. The molecule has 1 spiro atoms. The minimum atomic E-state index is -0.450. The fourth-order valence-corrected chi connectivity index (χ4v) is 4.95. The second-order valence-electron chi connectivity index (χ2n) is 9.58. The Bertz CT molecular complexity index is 1250. The lowest BCUT2D eigenvalue weighted by molar-refractivity contribution is -0.0599. The van der Waals surface area contributed by atoms with Crippen molar-refractivity contribution in [1.29, 1.82) is 0 Å². The first-order valence-electron chi connectivity index (χ1n) is 11.7. The molecule has 8 heteroatoms. The van der Waals surface area contributed by atoms with E-state index in [0.29, 0.717) is 29.7 Å². The molecule has 1 atom stereocenters. The lowest BCUT2D eigenvalue weighted by Crippen LogP contribution is -2.62. The number of hydrogen-bond acceptors (Lipinski definition) is 7. The van der Waals surface area contributed by atoms with Crippen molar-refractivity contribution in [2.75, 3.05) is 44.0 Å². The largest absolute Gasteiger partial charge is 0.494 e. The van der Waals surface area contributed by atoms with Crippen LogP contribution < -0.4 is 15.0 Å². The summed E-state index contributed by atoms with van der Waals surface area (Å²) in [6.45, 7) is 8.49. The first-order chi connectivity index (χ1) is 16.3. The number of nitrogens with one attached hydrogen (secondary N) is 1. The molecule has 178 valence electrons. The average molecular weight is 462 g/mol. The summed E-state index contributed by atoms with van der Waals surface area (Å²) in [4.78, 5) is 25.6. The number of carbonyl (C=O) groups is 1. The molecule has 0 saturated carbocycles. The van der Waals surface area contributed by atoms with Gasteiger partial charge in [0.25, 0.3) is 0 Å². The normalized spacial score (nSPS) is 18.1. The summed E-state index contributed by atoms with van der Waals surface area (Å²) in [5.74, 6) is 1.77. The Balaban J connectivity index is 1.52. The van der Waals surface area contributed by atoms with Crippen LogP contribution in [0.3, 0.4) is 0 Å². The van der Waals surface area contributed by atoms with Crippen LogP contribution in [0.4, 0.5) is 22.0 Å². The fourth-order valence-electron chi connectivity index (χ4n) is 4.95. The number of likely N-dealkylation sites (N-methyl/N-ethyl adjacent to an activating group) is 1. The molecule has 0 radical (unpaired) electrons. The van der Waals surface area contributed by atoms with Crippen molar-refractivity contribution in [1.82, 2.24) is 14.9 Å². The van der Waals surface area contributed by atoms with Crippen molar-refractivity contribution in [3.8, 4) is 5.75 Å². The summed E-state index contributed by atoms with van der Waals surface area (Å²) < 4.78 is 11.4. The van der Waals surface area contributed by atoms with Gasteiger partial charge in [-0.3, -0.25) is 9.80 Å². The molecular formula is C26H31N5O3. The molecule has 5 rings (SSSR count).